The van der Waals surface area contributed by atoms with Gasteiger partial charge in [-0.25, -0.2) is 8.42 Å². The van der Waals surface area contributed by atoms with Crippen LogP contribution in [0.2, 0.25) is 0 Å². The molecule has 0 amide bonds. The van der Waals surface area contributed by atoms with Crippen LogP contribution in [0.15, 0.2) is 457 Å². The van der Waals surface area contributed by atoms with Gasteiger partial charge in [-0.15, -0.1) is 20.4 Å². The molecule has 0 bridgehead atoms. The summed E-state index contributed by atoms with van der Waals surface area (Å²) in [5.41, 5.74) is 29.1. The summed E-state index contributed by atoms with van der Waals surface area (Å²) in [5, 5.41) is 17.9. The van der Waals surface area contributed by atoms with E-state index in [1.54, 1.807) is 24.3 Å². The second-order valence-electron chi connectivity index (χ2n) is 32.7. The lowest BCUT2D eigenvalue weighted by atomic mass is 9.73. The van der Waals surface area contributed by atoms with Crippen molar-refractivity contribution in [3.8, 4) is 51.4 Å². The van der Waals surface area contributed by atoms with Crippen molar-refractivity contribution in [3.05, 3.63) is 465 Å². The first-order valence-electron chi connectivity index (χ1n) is 42.6. The highest BCUT2D eigenvalue weighted by atomic mass is 32.2. The van der Waals surface area contributed by atoms with E-state index >= 15 is 0 Å². The summed E-state index contributed by atoms with van der Waals surface area (Å²) in [5.74, 6) is 2.62. The molecule has 0 radical (unpaired) electrons. The van der Waals surface area contributed by atoms with E-state index in [1.165, 1.54) is 22.3 Å². The standard InChI is InChI=1S/C42H36N2O2S.C38H27N5.C32H22N4O/c1-41(2)33-13-5-9-17-37(33)43(38-18-10-6-14-34(38)41)29-21-25-31(26-22-29)47(45,46)32-27-23-30(24-28-32)44-39-19-11-7-15-35(39)42(3,4)36-16-8-12-20-40(36)44;1-4-14-28(15-5-1)37-39-40-38(43(37)31-18-8-3-9-19-31)29-24-26-32(27-25-29)42-35-22-12-10-20-33(35)41(30-16-6-2-7-17-30)34-21-11-13-23-36(34)42;1-3-11-23(12-4-1)31-33-34-32(37-31)24-19-21-26(22-20-24)36-29-17-9-7-15-27(29)35(25-13-5-2-6-14-25)28-16-8-10-18-30(28)36/h5-28H,1-4H3;1-27H;1-22H. The molecule has 0 spiro atoms. The third-order valence-corrected chi connectivity index (χ3v) is 26.3. The van der Waals surface area contributed by atoms with Gasteiger partial charge in [0.15, 0.2) is 11.6 Å². The normalized spacial score (nSPS) is 13.4. The van der Waals surface area contributed by atoms with Gasteiger partial charge in [0.25, 0.3) is 0 Å². The van der Waals surface area contributed by atoms with E-state index in [2.05, 4.69) is 391 Å². The highest BCUT2D eigenvalue weighted by Gasteiger charge is 2.40. The number of hydrogen-bond donors (Lipinski definition) is 0. The van der Waals surface area contributed by atoms with E-state index in [1.807, 2.05) is 109 Å². The van der Waals surface area contributed by atoms with Gasteiger partial charge < -0.3 is 33.8 Å². The quantitative estimate of drug-likeness (QED) is 0.109. The van der Waals surface area contributed by atoms with Crippen LogP contribution in [-0.2, 0) is 20.7 Å². The van der Waals surface area contributed by atoms with Crippen LogP contribution < -0.4 is 29.4 Å². The average Bonchev–Trinajstić information content (AvgIpc) is 0.885. The molecular weight excluding hydrogens is 1580 g/mol. The molecule has 0 fully saturated rings. The minimum absolute atomic E-state index is 0.159. The molecule has 14 nitrogen and oxygen atoms in total. The molecule has 0 aliphatic carbocycles. The van der Waals surface area contributed by atoms with Gasteiger partial charge in [0.05, 0.1) is 78.0 Å². The van der Waals surface area contributed by atoms with Gasteiger partial charge in [0.2, 0.25) is 21.6 Å². The Labute approximate surface area is 739 Å². The zero-order chi connectivity index (χ0) is 85.7. The first kappa shape index (κ1) is 78.1. The van der Waals surface area contributed by atoms with E-state index < -0.39 is 9.84 Å². The van der Waals surface area contributed by atoms with Gasteiger partial charge in [-0.1, -0.05) is 252 Å². The first-order chi connectivity index (χ1) is 62.3. The predicted octanol–water partition coefficient (Wildman–Crippen LogP) is 29.2. The smallest absolute Gasteiger partial charge is 0.248 e. The van der Waals surface area contributed by atoms with Crippen molar-refractivity contribution in [3.63, 3.8) is 0 Å². The number of benzene rings is 17. The molecule has 4 aliphatic heterocycles. The molecule has 4 aliphatic rings. The molecule has 612 valence electrons. The van der Waals surface area contributed by atoms with E-state index in [4.69, 9.17) is 4.42 Å². The number of fused-ring (bicyclic) bond motifs is 8. The molecule has 0 N–H and O–H groups in total. The molecule has 2 aromatic heterocycles. The number of sulfone groups is 1. The maximum absolute atomic E-state index is 13.9. The van der Waals surface area contributed by atoms with Crippen LogP contribution in [0.4, 0.5) is 102 Å². The van der Waals surface area contributed by atoms with Crippen LogP contribution in [0.1, 0.15) is 49.9 Å². The summed E-state index contributed by atoms with van der Waals surface area (Å²) >= 11 is 0. The third kappa shape index (κ3) is 14.0. The minimum Gasteiger partial charge on any atom is -0.416 e. The summed E-state index contributed by atoms with van der Waals surface area (Å²) in [6.07, 6.45) is 0. The Hall–Kier alpha value is -16.2. The Kier molecular flexibility index (Phi) is 20.0. The summed E-state index contributed by atoms with van der Waals surface area (Å²) in [6, 6.07) is 151. The number of rotatable bonds is 13. The Balaban J connectivity index is 0.000000117. The van der Waals surface area contributed by atoms with Crippen molar-refractivity contribution in [1.82, 2.24) is 25.0 Å². The van der Waals surface area contributed by atoms with Crippen LogP contribution in [0, 0.1) is 0 Å². The molecule has 0 saturated heterocycles. The zero-order valence-electron chi connectivity index (χ0n) is 70.2. The highest BCUT2D eigenvalue weighted by molar-refractivity contribution is 7.91. The van der Waals surface area contributed by atoms with Gasteiger partial charge in [-0.05, 0) is 241 Å². The molecule has 0 atom stereocenters. The van der Waals surface area contributed by atoms with E-state index in [9.17, 15) is 8.42 Å². The molecule has 0 unspecified atom stereocenters. The number of aromatic nitrogens is 5. The Bertz CT molecular complexity index is 7010. The molecule has 23 rings (SSSR count). The first-order valence-corrected chi connectivity index (χ1v) is 44.1. The SMILES string of the molecule is CC1(C)c2ccccc2N(c2ccc(S(=O)(=O)c3ccc(N4c5ccccc5C(C)(C)c5ccccc54)cc3)cc2)c2ccccc21.c1ccc(-c2nnc(-c3ccc(N4c5ccccc5N(c5ccccc5)c5ccccc54)cc3)n2-c2ccccc2)cc1.c1ccc(-c2nnc(-c3ccc(N4c5ccccc5N(c5ccccc5)c5ccccc54)cc3)o2)cc1. The largest absolute Gasteiger partial charge is 0.416 e. The Morgan fingerprint density at radius 1 is 0.205 bits per heavy atom. The van der Waals surface area contributed by atoms with Crippen LogP contribution in [0.5, 0.6) is 0 Å². The van der Waals surface area contributed by atoms with Crippen molar-refractivity contribution < 1.29 is 12.8 Å². The number of para-hydroxylation sites is 15. The molecular formula is C112H85N11O3S. The van der Waals surface area contributed by atoms with E-state index in [0.717, 1.165) is 142 Å². The highest BCUT2D eigenvalue weighted by Crippen LogP contribution is 2.58. The van der Waals surface area contributed by atoms with E-state index in [-0.39, 0.29) is 20.6 Å². The van der Waals surface area contributed by atoms with Crippen molar-refractivity contribution in [2.24, 2.45) is 0 Å². The van der Waals surface area contributed by atoms with Gasteiger partial charge >= 0.3 is 0 Å². The molecule has 17 aromatic carbocycles. The molecule has 0 saturated carbocycles. The van der Waals surface area contributed by atoms with Crippen LogP contribution in [-0.4, -0.2) is 33.4 Å². The molecule has 6 heterocycles. The average molecular weight is 1670 g/mol. The number of anilines is 18. The molecule has 15 heteroatoms. The van der Waals surface area contributed by atoms with Crippen molar-refractivity contribution in [2.75, 3.05) is 29.4 Å². The topological polar surface area (TPSA) is 123 Å². The van der Waals surface area contributed by atoms with Gasteiger partial charge in [-0.3, -0.25) is 4.57 Å². The van der Waals surface area contributed by atoms with Crippen LogP contribution in [0.3, 0.4) is 0 Å². The lowest BCUT2D eigenvalue weighted by Gasteiger charge is -2.42. The summed E-state index contributed by atoms with van der Waals surface area (Å²) in [4.78, 5) is 14.3. The monoisotopic (exact) mass is 1660 g/mol. The minimum atomic E-state index is -3.75. The van der Waals surface area contributed by atoms with Crippen molar-refractivity contribution in [1.29, 1.82) is 0 Å². The van der Waals surface area contributed by atoms with Crippen molar-refractivity contribution in [2.45, 2.75) is 48.3 Å². The van der Waals surface area contributed by atoms with Crippen molar-refractivity contribution >= 4 is 112 Å². The summed E-state index contributed by atoms with van der Waals surface area (Å²) in [6.45, 7) is 9.03. The van der Waals surface area contributed by atoms with E-state index in [0.29, 0.717) is 11.8 Å². The fourth-order valence-electron chi connectivity index (χ4n) is 18.4. The van der Waals surface area contributed by atoms with Gasteiger partial charge in [0.1, 0.15) is 0 Å². The Morgan fingerprint density at radius 3 is 0.709 bits per heavy atom. The lowest BCUT2D eigenvalue weighted by molar-refractivity contribution is 0.584. The fourth-order valence-corrected chi connectivity index (χ4v) is 19.6. The Morgan fingerprint density at radius 2 is 0.409 bits per heavy atom. The van der Waals surface area contributed by atoms with Gasteiger partial charge in [0, 0.05) is 72.9 Å². The third-order valence-electron chi connectivity index (χ3n) is 24.5. The van der Waals surface area contributed by atoms with Crippen LogP contribution in [0.25, 0.3) is 51.4 Å². The fraction of sp³-hybridized carbons (Fsp3) is 0.0536. The number of nitrogens with zero attached hydrogens (tertiary/aromatic N) is 11. The maximum atomic E-state index is 13.9. The predicted molar refractivity (Wildman–Crippen MR) is 515 cm³/mol. The molecule has 19 aromatic rings. The second-order valence-corrected chi connectivity index (χ2v) is 34.7. The number of hydrogen-bond acceptors (Lipinski definition) is 13. The summed E-state index contributed by atoms with van der Waals surface area (Å²) < 4.78 is 36.0. The zero-order valence-corrected chi connectivity index (χ0v) is 71.0. The van der Waals surface area contributed by atoms with Crippen LogP contribution >= 0.6 is 0 Å². The lowest BCUT2D eigenvalue weighted by Crippen LogP contribution is -2.30. The second kappa shape index (κ2) is 32.5. The molecule has 127 heavy (non-hydrogen) atoms. The summed E-state index contributed by atoms with van der Waals surface area (Å²) in [7, 11) is -3.75. The van der Waals surface area contributed by atoms with Gasteiger partial charge in [-0.2, -0.15) is 0 Å². The maximum Gasteiger partial charge on any atom is 0.248 e.